The predicted octanol–water partition coefficient (Wildman–Crippen LogP) is 3.29. The van der Waals surface area contributed by atoms with Crippen LogP contribution in [0.5, 0.6) is 0 Å². The number of aliphatic imine (C=N–C) groups is 1. The zero-order valence-electron chi connectivity index (χ0n) is 17.1. The molecule has 1 amide bonds. The maximum absolute atomic E-state index is 12.0. The molecule has 3 rings (SSSR count). The zero-order chi connectivity index (χ0) is 19.9. The van der Waals surface area contributed by atoms with Crippen LogP contribution in [0.4, 0.5) is 0 Å². The van der Waals surface area contributed by atoms with Crippen LogP contribution in [-0.2, 0) is 24.4 Å². The summed E-state index contributed by atoms with van der Waals surface area (Å²) in [7, 11) is 1.78. The van der Waals surface area contributed by atoms with Crippen LogP contribution >= 0.6 is 0 Å². The van der Waals surface area contributed by atoms with Crippen molar-refractivity contribution < 1.29 is 4.79 Å². The highest BCUT2D eigenvalue weighted by Gasteiger charge is 2.20. The Morgan fingerprint density at radius 1 is 1.04 bits per heavy atom. The summed E-state index contributed by atoms with van der Waals surface area (Å²) in [6.45, 7) is 7.19. The Bertz CT molecular complexity index is 859. The highest BCUT2D eigenvalue weighted by Crippen LogP contribution is 2.17. The maximum atomic E-state index is 12.0. The van der Waals surface area contributed by atoms with Gasteiger partial charge in [-0.05, 0) is 42.5 Å². The molecule has 0 spiro atoms. The van der Waals surface area contributed by atoms with Crippen molar-refractivity contribution in [2.45, 2.75) is 46.3 Å². The molecule has 0 bridgehead atoms. The zero-order valence-corrected chi connectivity index (χ0v) is 17.1. The van der Waals surface area contributed by atoms with Gasteiger partial charge in [0.1, 0.15) is 0 Å². The van der Waals surface area contributed by atoms with Gasteiger partial charge in [-0.3, -0.25) is 9.79 Å². The molecule has 28 heavy (non-hydrogen) atoms. The summed E-state index contributed by atoms with van der Waals surface area (Å²) in [6.07, 6.45) is 1.64. The van der Waals surface area contributed by atoms with Crippen molar-refractivity contribution in [3.8, 4) is 0 Å². The highest BCUT2D eigenvalue weighted by atomic mass is 16.2. The summed E-state index contributed by atoms with van der Waals surface area (Å²) in [5, 5.41) is 6.79. The van der Waals surface area contributed by atoms with E-state index in [1.807, 2.05) is 17.0 Å². The van der Waals surface area contributed by atoms with E-state index in [9.17, 15) is 4.79 Å². The van der Waals surface area contributed by atoms with Crippen LogP contribution in [0.25, 0.3) is 0 Å². The Balaban J connectivity index is 1.58. The van der Waals surface area contributed by atoms with Crippen molar-refractivity contribution in [3.05, 3.63) is 70.3 Å². The van der Waals surface area contributed by atoms with Crippen molar-refractivity contribution in [2.75, 3.05) is 13.6 Å². The summed E-state index contributed by atoms with van der Waals surface area (Å²) in [4.78, 5) is 18.2. The molecule has 0 radical (unpaired) electrons. The Hall–Kier alpha value is -2.82. The SMILES string of the molecule is CN=C(NCc1ccc(C)cc1C)NCc1ccccc1CN1CCCC1=O. The number of likely N-dealkylation sites (tertiary alicyclic amines) is 1. The molecule has 5 heteroatoms. The molecule has 2 aromatic rings. The first-order valence-electron chi connectivity index (χ1n) is 9.92. The van der Waals surface area contributed by atoms with Gasteiger partial charge in [-0.15, -0.1) is 0 Å². The van der Waals surface area contributed by atoms with Gasteiger partial charge >= 0.3 is 0 Å². The van der Waals surface area contributed by atoms with Crippen LogP contribution in [0.15, 0.2) is 47.5 Å². The number of amides is 1. The van der Waals surface area contributed by atoms with Gasteiger partial charge < -0.3 is 15.5 Å². The molecule has 5 nitrogen and oxygen atoms in total. The molecule has 1 fully saturated rings. The number of benzene rings is 2. The van der Waals surface area contributed by atoms with Gasteiger partial charge in [-0.1, -0.05) is 48.0 Å². The predicted molar refractivity (Wildman–Crippen MR) is 114 cm³/mol. The molecular weight excluding hydrogens is 348 g/mol. The lowest BCUT2D eigenvalue weighted by Crippen LogP contribution is -2.36. The van der Waals surface area contributed by atoms with Gasteiger partial charge in [0.05, 0.1) is 0 Å². The number of rotatable bonds is 6. The Kier molecular flexibility index (Phi) is 6.69. The summed E-state index contributed by atoms with van der Waals surface area (Å²) >= 11 is 0. The summed E-state index contributed by atoms with van der Waals surface area (Å²) in [5.41, 5.74) is 6.20. The lowest BCUT2D eigenvalue weighted by molar-refractivity contribution is -0.128. The fourth-order valence-corrected chi connectivity index (χ4v) is 3.58. The highest BCUT2D eigenvalue weighted by molar-refractivity contribution is 5.80. The number of nitrogens with zero attached hydrogens (tertiary/aromatic N) is 2. The summed E-state index contributed by atoms with van der Waals surface area (Å²) in [6, 6.07) is 14.8. The molecule has 2 aromatic carbocycles. The first kappa shape index (κ1) is 19.9. The fraction of sp³-hybridized carbons (Fsp3) is 0.391. The number of hydrogen-bond donors (Lipinski definition) is 2. The first-order valence-corrected chi connectivity index (χ1v) is 9.92. The third kappa shape index (κ3) is 5.12. The van der Waals surface area contributed by atoms with E-state index >= 15 is 0 Å². The monoisotopic (exact) mass is 378 g/mol. The van der Waals surface area contributed by atoms with Crippen molar-refractivity contribution in [1.29, 1.82) is 0 Å². The van der Waals surface area contributed by atoms with Crippen LogP contribution in [0.3, 0.4) is 0 Å². The van der Waals surface area contributed by atoms with Crippen LogP contribution in [-0.4, -0.2) is 30.4 Å². The molecule has 0 unspecified atom stereocenters. The van der Waals surface area contributed by atoms with Gasteiger partial charge in [0.25, 0.3) is 0 Å². The van der Waals surface area contributed by atoms with Crippen LogP contribution in [0, 0.1) is 13.8 Å². The first-order chi connectivity index (χ1) is 13.6. The molecule has 1 aliphatic rings. The second-order valence-electron chi connectivity index (χ2n) is 7.40. The standard InChI is InChI=1S/C23H30N4O/c1-17-10-11-19(18(2)13-17)14-25-23(24-3)26-15-20-7-4-5-8-21(20)16-27-12-6-9-22(27)28/h4-5,7-8,10-11,13H,6,9,12,14-16H2,1-3H3,(H2,24,25,26). The molecule has 2 N–H and O–H groups in total. The van der Waals surface area contributed by atoms with E-state index in [1.165, 1.54) is 27.8 Å². The number of nitrogens with one attached hydrogen (secondary N) is 2. The van der Waals surface area contributed by atoms with Crippen molar-refractivity contribution >= 4 is 11.9 Å². The molecule has 1 saturated heterocycles. The number of guanidine groups is 1. The Morgan fingerprint density at radius 2 is 1.75 bits per heavy atom. The van der Waals surface area contributed by atoms with E-state index in [0.717, 1.165) is 25.5 Å². The lowest BCUT2D eigenvalue weighted by atomic mass is 10.1. The average Bonchev–Trinajstić information content (AvgIpc) is 3.09. The van der Waals surface area contributed by atoms with Gasteiger partial charge in [0.15, 0.2) is 5.96 Å². The van der Waals surface area contributed by atoms with E-state index < -0.39 is 0 Å². The molecule has 0 aliphatic carbocycles. The largest absolute Gasteiger partial charge is 0.352 e. The second-order valence-corrected chi connectivity index (χ2v) is 7.40. The van der Waals surface area contributed by atoms with E-state index in [-0.39, 0.29) is 5.91 Å². The van der Waals surface area contributed by atoms with Crippen LogP contribution < -0.4 is 10.6 Å². The molecule has 0 aromatic heterocycles. The summed E-state index contributed by atoms with van der Waals surface area (Å²) < 4.78 is 0. The molecule has 0 atom stereocenters. The Labute approximate surface area is 167 Å². The van der Waals surface area contributed by atoms with Gasteiger partial charge in [-0.2, -0.15) is 0 Å². The minimum atomic E-state index is 0.258. The topological polar surface area (TPSA) is 56.7 Å². The van der Waals surface area contributed by atoms with E-state index in [1.54, 1.807) is 7.05 Å². The van der Waals surface area contributed by atoms with Crippen LogP contribution in [0.2, 0.25) is 0 Å². The molecule has 148 valence electrons. The van der Waals surface area contributed by atoms with Crippen molar-refractivity contribution in [1.82, 2.24) is 15.5 Å². The normalized spacial score (nSPS) is 14.5. The molecule has 1 aliphatic heterocycles. The van der Waals surface area contributed by atoms with Gasteiger partial charge in [0.2, 0.25) is 5.91 Å². The smallest absolute Gasteiger partial charge is 0.222 e. The number of aryl methyl sites for hydroxylation is 2. The number of hydrogen-bond acceptors (Lipinski definition) is 2. The Morgan fingerprint density at radius 3 is 2.39 bits per heavy atom. The molecular formula is C23H30N4O. The van der Waals surface area contributed by atoms with Crippen molar-refractivity contribution in [3.63, 3.8) is 0 Å². The van der Waals surface area contributed by atoms with Crippen molar-refractivity contribution in [2.24, 2.45) is 4.99 Å². The van der Waals surface area contributed by atoms with E-state index in [4.69, 9.17) is 0 Å². The fourth-order valence-electron chi connectivity index (χ4n) is 3.58. The van der Waals surface area contributed by atoms with Crippen LogP contribution in [0.1, 0.15) is 40.7 Å². The summed E-state index contributed by atoms with van der Waals surface area (Å²) in [5.74, 6) is 1.03. The van der Waals surface area contributed by atoms with Gasteiger partial charge in [0, 0.05) is 39.6 Å². The number of carbonyl (C=O) groups is 1. The second kappa shape index (κ2) is 9.40. The quantitative estimate of drug-likeness (QED) is 0.599. The minimum absolute atomic E-state index is 0.258. The van der Waals surface area contributed by atoms with E-state index in [2.05, 4.69) is 59.8 Å². The average molecular weight is 379 g/mol. The third-order valence-electron chi connectivity index (χ3n) is 5.27. The minimum Gasteiger partial charge on any atom is -0.352 e. The molecule has 1 heterocycles. The molecule has 0 saturated carbocycles. The van der Waals surface area contributed by atoms with E-state index in [0.29, 0.717) is 19.5 Å². The number of carbonyl (C=O) groups excluding carboxylic acids is 1. The third-order valence-corrected chi connectivity index (χ3v) is 5.27. The lowest BCUT2D eigenvalue weighted by Gasteiger charge is -2.19. The maximum Gasteiger partial charge on any atom is 0.222 e. The van der Waals surface area contributed by atoms with Gasteiger partial charge in [-0.25, -0.2) is 0 Å².